The Balaban J connectivity index is 2.08. The van der Waals surface area contributed by atoms with Crippen molar-refractivity contribution in [3.8, 4) is 0 Å². The summed E-state index contributed by atoms with van der Waals surface area (Å²) < 4.78 is 0. The number of benzene rings is 1. The van der Waals surface area contributed by atoms with Crippen molar-refractivity contribution in [3.63, 3.8) is 0 Å². The predicted octanol–water partition coefficient (Wildman–Crippen LogP) is 1.99. The highest BCUT2D eigenvalue weighted by Gasteiger charge is 2.39. The second-order valence-corrected chi connectivity index (χ2v) is 5.81. The first kappa shape index (κ1) is 15.5. The number of nitrogens with zero attached hydrogens (tertiary/aromatic N) is 1. The summed E-state index contributed by atoms with van der Waals surface area (Å²) in [5.74, 6) is 0.161. The highest BCUT2D eigenvalue weighted by Crippen LogP contribution is 2.18. The molecule has 4 nitrogen and oxygen atoms in total. The molecule has 1 aromatic carbocycles. The van der Waals surface area contributed by atoms with Gasteiger partial charge in [-0.25, -0.2) is 0 Å². The molecule has 114 valence electrons. The molecule has 0 aromatic heterocycles. The minimum Gasteiger partial charge on any atom is -0.342 e. The van der Waals surface area contributed by atoms with E-state index in [1.165, 1.54) is 5.56 Å². The minimum atomic E-state index is -0.387. The number of piperazine rings is 1. The van der Waals surface area contributed by atoms with Crippen LogP contribution in [0, 0.1) is 5.92 Å². The topological polar surface area (TPSA) is 49.4 Å². The molecule has 1 aliphatic rings. The highest BCUT2D eigenvalue weighted by molar-refractivity contribution is 5.96. The van der Waals surface area contributed by atoms with Crippen LogP contribution in [-0.2, 0) is 16.0 Å². The molecule has 21 heavy (non-hydrogen) atoms. The Bertz CT molecular complexity index is 501. The number of carbonyl (C=O) groups excluding carboxylic acids is 2. The Morgan fingerprint density at radius 2 is 1.90 bits per heavy atom. The van der Waals surface area contributed by atoms with Gasteiger partial charge < -0.3 is 10.2 Å². The maximum Gasteiger partial charge on any atom is 0.246 e. The molecule has 2 amide bonds. The maximum atomic E-state index is 12.6. The van der Waals surface area contributed by atoms with E-state index in [2.05, 4.69) is 5.32 Å². The lowest BCUT2D eigenvalue weighted by Gasteiger charge is -2.39. The van der Waals surface area contributed by atoms with Gasteiger partial charge in [0.25, 0.3) is 0 Å². The summed E-state index contributed by atoms with van der Waals surface area (Å²) in [7, 11) is 0. The van der Waals surface area contributed by atoms with Crippen LogP contribution < -0.4 is 5.32 Å². The van der Waals surface area contributed by atoms with E-state index in [1.807, 2.05) is 44.2 Å². The molecule has 0 aliphatic carbocycles. The van der Waals surface area contributed by atoms with E-state index in [4.69, 9.17) is 0 Å². The second kappa shape index (κ2) is 6.74. The van der Waals surface area contributed by atoms with Crippen molar-refractivity contribution in [2.45, 2.75) is 45.7 Å². The Morgan fingerprint density at radius 3 is 2.52 bits per heavy atom. The predicted molar refractivity (Wildman–Crippen MR) is 82.7 cm³/mol. The van der Waals surface area contributed by atoms with E-state index < -0.39 is 0 Å². The summed E-state index contributed by atoms with van der Waals surface area (Å²) in [5.41, 5.74) is 1.18. The Kier molecular flexibility index (Phi) is 4.99. The van der Waals surface area contributed by atoms with Crippen molar-refractivity contribution < 1.29 is 9.59 Å². The van der Waals surface area contributed by atoms with Crippen molar-refractivity contribution >= 4 is 11.8 Å². The second-order valence-electron chi connectivity index (χ2n) is 5.81. The standard InChI is InChI=1S/C17H24N2O2/c1-4-12(2)15-17(21)19(13(3)16(20)18-15)11-10-14-8-6-5-7-9-14/h5-9,12-13,15H,4,10-11H2,1-3H3,(H,18,20). The Hall–Kier alpha value is -1.84. The fraction of sp³-hybridized carbons (Fsp3) is 0.529. The van der Waals surface area contributed by atoms with Crippen LogP contribution in [-0.4, -0.2) is 35.3 Å². The largest absolute Gasteiger partial charge is 0.342 e. The molecule has 0 saturated carbocycles. The molecule has 2 rings (SSSR count). The number of hydrogen-bond acceptors (Lipinski definition) is 2. The maximum absolute atomic E-state index is 12.6. The number of hydrogen-bond donors (Lipinski definition) is 1. The molecule has 1 aliphatic heterocycles. The van der Waals surface area contributed by atoms with E-state index in [9.17, 15) is 9.59 Å². The van der Waals surface area contributed by atoms with Crippen molar-refractivity contribution in [1.82, 2.24) is 10.2 Å². The van der Waals surface area contributed by atoms with Crippen molar-refractivity contribution in [2.24, 2.45) is 5.92 Å². The molecule has 3 unspecified atom stereocenters. The van der Waals surface area contributed by atoms with E-state index >= 15 is 0 Å². The van der Waals surface area contributed by atoms with Crippen LogP contribution in [0.3, 0.4) is 0 Å². The summed E-state index contributed by atoms with van der Waals surface area (Å²) in [6.45, 7) is 6.43. The van der Waals surface area contributed by atoms with Crippen LogP contribution >= 0.6 is 0 Å². The lowest BCUT2D eigenvalue weighted by Crippen LogP contribution is -2.64. The first-order chi connectivity index (χ1) is 10.0. The molecule has 1 N–H and O–H groups in total. The van der Waals surface area contributed by atoms with E-state index in [0.717, 1.165) is 12.8 Å². The highest BCUT2D eigenvalue weighted by atomic mass is 16.2. The number of carbonyl (C=O) groups is 2. The first-order valence-electron chi connectivity index (χ1n) is 7.69. The van der Waals surface area contributed by atoms with Gasteiger partial charge in [0, 0.05) is 6.54 Å². The lowest BCUT2D eigenvalue weighted by molar-refractivity contribution is -0.150. The third-order valence-electron chi connectivity index (χ3n) is 4.39. The Labute approximate surface area is 126 Å². The summed E-state index contributed by atoms with van der Waals surface area (Å²) in [6, 6.07) is 9.29. The number of rotatable bonds is 5. The van der Waals surface area contributed by atoms with E-state index in [0.29, 0.717) is 6.54 Å². The summed E-state index contributed by atoms with van der Waals surface area (Å²) in [6.07, 6.45) is 1.65. The van der Waals surface area contributed by atoms with Crippen LogP contribution in [0.5, 0.6) is 0 Å². The van der Waals surface area contributed by atoms with Crippen LogP contribution in [0.4, 0.5) is 0 Å². The smallest absolute Gasteiger partial charge is 0.246 e. The number of amides is 2. The zero-order chi connectivity index (χ0) is 15.4. The van der Waals surface area contributed by atoms with Gasteiger partial charge in [0.15, 0.2) is 0 Å². The third kappa shape index (κ3) is 3.43. The third-order valence-corrected chi connectivity index (χ3v) is 4.39. The molecule has 1 heterocycles. The number of nitrogens with one attached hydrogen (secondary N) is 1. The van der Waals surface area contributed by atoms with Crippen molar-refractivity contribution in [3.05, 3.63) is 35.9 Å². The van der Waals surface area contributed by atoms with Crippen LogP contribution in [0.15, 0.2) is 30.3 Å². The monoisotopic (exact) mass is 288 g/mol. The van der Waals surface area contributed by atoms with Gasteiger partial charge in [-0.05, 0) is 24.8 Å². The molecule has 4 heteroatoms. The fourth-order valence-corrected chi connectivity index (χ4v) is 2.67. The van der Waals surface area contributed by atoms with Crippen LogP contribution in [0.25, 0.3) is 0 Å². The fourth-order valence-electron chi connectivity index (χ4n) is 2.67. The summed E-state index contributed by atoms with van der Waals surface area (Å²) in [4.78, 5) is 26.4. The molecular weight excluding hydrogens is 264 g/mol. The Morgan fingerprint density at radius 1 is 1.24 bits per heavy atom. The molecular formula is C17H24N2O2. The van der Waals surface area contributed by atoms with Crippen LogP contribution in [0.1, 0.15) is 32.8 Å². The quantitative estimate of drug-likeness (QED) is 0.901. The summed E-state index contributed by atoms with van der Waals surface area (Å²) >= 11 is 0. The van der Waals surface area contributed by atoms with Gasteiger partial charge in [0.2, 0.25) is 11.8 Å². The van der Waals surface area contributed by atoms with E-state index in [1.54, 1.807) is 11.8 Å². The van der Waals surface area contributed by atoms with Gasteiger partial charge in [-0.2, -0.15) is 0 Å². The van der Waals surface area contributed by atoms with Crippen molar-refractivity contribution in [1.29, 1.82) is 0 Å². The molecule has 0 bridgehead atoms. The molecule has 0 radical (unpaired) electrons. The lowest BCUT2D eigenvalue weighted by atomic mass is 9.94. The van der Waals surface area contributed by atoms with Crippen molar-refractivity contribution in [2.75, 3.05) is 6.54 Å². The van der Waals surface area contributed by atoms with Gasteiger partial charge >= 0.3 is 0 Å². The van der Waals surface area contributed by atoms with Gasteiger partial charge in [-0.15, -0.1) is 0 Å². The normalized spacial score (nSPS) is 23.9. The van der Waals surface area contributed by atoms with Gasteiger partial charge in [-0.3, -0.25) is 9.59 Å². The van der Waals surface area contributed by atoms with E-state index in [-0.39, 0.29) is 29.8 Å². The zero-order valence-electron chi connectivity index (χ0n) is 13.0. The minimum absolute atomic E-state index is 0.0482. The van der Waals surface area contributed by atoms with Gasteiger partial charge in [-0.1, -0.05) is 50.6 Å². The van der Waals surface area contributed by atoms with Gasteiger partial charge in [0.05, 0.1) is 0 Å². The first-order valence-corrected chi connectivity index (χ1v) is 7.69. The van der Waals surface area contributed by atoms with Gasteiger partial charge in [0.1, 0.15) is 12.1 Å². The molecule has 1 saturated heterocycles. The molecule has 0 spiro atoms. The average Bonchev–Trinajstić information content (AvgIpc) is 2.51. The zero-order valence-corrected chi connectivity index (χ0v) is 13.0. The molecule has 1 aromatic rings. The SMILES string of the molecule is CCC(C)C1NC(=O)C(C)N(CCc2ccccc2)C1=O. The van der Waals surface area contributed by atoms with Crippen LogP contribution in [0.2, 0.25) is 0 Å². The summed E-state index contributed by atoms with van der Waals surface area (Å²) in [5, 5.41) is 2.86. The molecule has 3 atom stereocenters. The molecule has 1 fully saturated rings. The average molecular weight is 288 g/mol.